The lowest BCUT2D eigenvalue weighted by Crippen LogP contribution is -2.49. The summed E-state index contributed by atoms with van der Waals surface area (Å²) in [6, 6.07) is -0.686. The van der Waals surface area contributed by atoms with Crippen molar-refractivity contribution in [1.82, 2.24) is 10.2 Å². The van der Waals surface area contributed by atoms with Gasteiger partial charge in [0, 0.05) is 12.6 Å². The minimum atomic E-state index is -0.990. The Morgan fingerprint density at radius 1 is 1.29 bits per heavy atom. The van der Waals surface area contributed by atoms with Crippen molar-refractivity contribution in [2.24, 2.45) is 11.7 Å². The number of urea groups is 1. The quantitative estimate of drug-likeness (QED) is 0.591. The Morgan fingerprint density at radius 2 is 1.82 bits per heavy atom. The number of carboxylic acids is 1. The van der Waals surface area contributed by atoms with Crippen LogP contribution in [0, 0.1) is 5.92 Å². The Hall–Kier alpha value is -1.79. The van der Waals surface area contributed by atoms with Crippen LogP contribution in [0.15, 0.2) is 0 Å². The zero-order valence-corrected chi connectivity index (χ0v) is 10.3. The van der Waals surface area contributed by atoms with Gasteiger partial charge in [0.25, 0.3) is 0 Å². The summed E-state index contributed by atoms with van der Waals surface area (Å²) < 4.78 is 0. The molecule has 0 rings (SSSR count). The predicted molar refractivity (Wildman–Crippen MR) is 61.2 cm³/mol. The fourth-order valence-electron chi connectivity index (χ4n) is 1.09. The Bertz CT molecular complexity index is 304. The van der Waals surface area contributed by atoms with E-state index in [0.717, 1.165) is 0 Å². The van der Waals surface area contributed by atoms with Crippen LogP contribution in [-0.4, -0.2) is 47.0 Å². The van der Waals surface area contributed by atoms with E-state index in [4.69, 9.17) is 10.8 Å². The topological polar surface area (TPSA) is 113 Å². The Balaban J connectivity index is 4.33. The molecular weight excluding hydrogens is 226 g/mol. The van der Waals surface area contributed by atoms with Gasteiger partial charge in [0.2, 0.25) is 5.91 Å². The second kappa shape index (κ2) is 6.72. The zero-order chi connectivity index (χ0) is 13.6. The molecule has 0 fully saturated rings. The van der Waals surface area contributed by atoms with E-state index in [2.05, 4.69) is 5.32 Å². The molecule has 98 valence electrons. The number of primary amides is 1. The maximum atomic E-state index is 11.7. The molecule has 0 aliphatic heterocycles. The van der Waals surface area contributed by atoms with Crippen molar-refractivity contribution in [2.45, 2.75) is 26.8 Å². The van der Waals surface area contributed by atoms with Gasteiger partial charge in [-0.2, -0.15) is 0 Å². The number of nitrogens with two attached hydrogens (primary N) is 1. The van der Waals surface area contributed by atoms with E-state index in [1.807, 2.05) is 0 Å². The Morgan fingerprint density at radius 3 is 2.18 bits per heavy atom. The number of carbonyl (C=O) groups excluding carboxylic acids is 2. The third-order valence-corrected chi connectivity index (χ3v) is 2.19. The highest BCUT2D eigenvalue weighted by atomic mass is 16.4. The molecule has 0 bridgehead atoms. The van der Waals surface area contributed by atoms with E-state index in [1.165, 1.54) is 11.8 Å². The van der Waals surface area contributed by atoms with E-state index >= 15 is 0 Å². The average Bonchev–Trinajstić information content (AvgIpc) is 2.21. The fourth-order valence-corrected chi connectivity index (χ4v) is 1.09. The largest absolute Gasteiger partial charge is 0.481 e. The number of rotatable bonds is 6. The average molecular weight is 245 g/mol. The molecule has 1 unspecified atom stereocenters. The maximum Gasteiger partial charge on any atom is 0.318 e. The minimum absolute atomic E-state index is 0.0101. The molecule has 0 aromatic rings. The van der Waals surface area contributed by atoms with Crippen molar-refractivity contribution in [1.29, 1.82) is 0 Å². The van der Waals surface area contributed by atoms with E-state index < -0.39 is 23.8 Å². The van der Waals surface area contributed by atoms with Crippen LogP contribution in [0.2, 0.25) is 0 Å². The van der Waals surface area contributed by atoms with Crippen molar-refractivity contribution < 1.29 is 19.5 Å². The number of carbonyl (C=O) groups is 3. The summed E-state index contributed by atoms with van der Waals surface area (Å²) in [6.07, 6.45) is 0. The van der Waals surface area contributed by atoms with Gasteiger partial charge in [0.05, 0.1) is 5.92 Å². The Kier molecular flexibility index (Phi) is 6.01. The summed E-state index contributed by atoms with van der Waals surface area (Å²) in [5, 5.41) is 11.1. The van der Waals surface area contributed by atoms with Crippen molar-refractivity contribution in [3.63, 3.8) is 0 Å². The van der Waals surface area contributed by atoms with Crippen molar-refractivity contribution in [3.8, 4) is 0 Å². The number of nitrogens with zero attached hydrogens (tertiary/aromatic N) is 1. The molecule has 0 aliphatic carbocycles. The summed E-state index contributed by atoms with van der Waals surface area (Å²) in [4.78, 5) is 34.2. The van der Waals surface area contributed by atoms with Crippen LogP contribution >= 0.6 is 0 Å². The summed E-state index contributed by atoms with van der Waals surface area (Å²) in [6.45, 7) is 4.78. The van der Waals surface area contributed by atoms with Gasteiger partial charge in [-0.25, -0.2) is 4.79 Å². The number of nitrogens with one attached hydrogen (secondary N) is 1. The molecule has 4 N–H and O–H groups in total. The normalized spacial score (nSPS) is 12.0. The van der Waals surface area contributed by atoms with Crippen LogP contribution in [0.4, 0.5) is 4.79 Å². The van der Waals surface area contributed by atoms with Crippen LogP contribution in [-0.2, 0) is 9.59 Å². The molecule has 3 amide bonds. The molecule has 17 heavy (non-hydrogen) atoms. The van der Waals surface area contributed by atoms with Gasteiger partial charge in [-0.05, 0) is 13.8 Å². The predicted octanol–water partition coefficient (Wildman–Crippen LogP) is -0.388. The third kappa shape index (κ3) is 5.74. The number of carboxylic acid groups (broad SMARTS) is 1. The molecule has 0 heterocycles. The zero-order valence-electron chi connectivity index (χ0n) is 10.3. The number of amides is 3. The number of hydrogen-bond acceptors (Lipinski definition) is 3. The van der Waals surface area contributed by atoms with Gasteiger partial charge in [-0.15, -0.1) is 0 Å². The summed E-state index contributed by atoms with van der Waals surface area (Å²) in [7, 11) is 0. The maximum absolute atomic E-state index is 11.7. The van der Waals surface area contributed by atoms with E-state index in [0.29, 0.717) is 0 Å². The van der Waals surface area contributed by atoms with Crippen LogP contribution in [0.25, 0.3) is 0 Å². The number of hydrogen-bond donors (Lipinski definition) is 3. The van der Waals surface area contributed by atoms with Crippen LogP contribution < -0.4 is 11.1 Å². The molecule has 0 aromatic heterocycles. The van der Waals surface area contributed by atoms with Gasteiger partial charge in [-0.1, -0.05) is 6.92 Å². The minimum Gasteiger partial charge on any atom is -0.481 e. The molecule has 1 atom stereocenters. The fraction of sp³-hybridized carbons (Fsp3) is 0.700. The van der Waals surface area contributed by atoms with Crippen molar-refractivity contribution >= 4 is 17.9 Å². The smallest absolute Gasteiger partial charge is 0.318 e. The lowest BCUT2D eigenvalue weighted by Gasteiger charge is -2.25. The van der Waals surface area contributed by atoms with E-state index in [-0.39, 0.29) is 19.1 Å². The lowest BCUT2D eigenvalue weighted by molar-refractivity contribution is -0.140. The molecule has 0 saturated heterocycles. The molecular formula is C10H19N3O4. The SMILES string of the molecule is CC(CNC(=O)N(CC(N)=O)C(C)C)C(=O)O. The molecule has 7 heteroatoms. The molecule has 0 radical (unpaired) electrons. The summed E-state index contributed by atoms with van der Waals surface area (Å²) in [5.74, 6) is -2.28. The lowest BCUT2D eigenvalue weighted by atomic mass is 10.2. The van der Waals surface area contributed by atoms with Gasteiger partial charge in [-0.3, -0.25) is 9.59 Å². The first kappa shape index (κ1) is 15.2. The summed E-state index contributed by atoms with van der Waals surface area (Å²) in [5.41, 5.74) is 5.02. The van der Waals surface area contributed by atoms with E-state index in [9.17, 15) is 14.4 Å². The Labute approximate surface area is 100.0 Å². The molecule has 0 aliphatic rings. The molecule has 0 spiro atoms. The van der Waals surface area contributed by atoms with Gasteiger partial charge in [0.1, 0.15) is 6.54 Å². The highest BCUT2D eigenvalue weighted by Crippen LogP contribution is 1.99. The molecule has 0 saturated carbocycles. The second-order valence-corrected chi connectivity index (χ2v) is 4.11. The standard InChI is InChI=1S/C10H19N3O4/c1-6(2)13(5-8(11)14)10(17)12-4-7(3)9(15)16/h6-7H,4-5H2,1-3H3,(H2,11,14)(H,12,17)(H,15,16). The van der Waals surface area contributed by atoms with Crippen molar-refractivity contribution in [2.75, 3.05) is 13.1 Å². The molecule has 0 aromatic carbocycles. The second-order valence-electron chi connectivity index (χ2n) is 4.11. The monoisotopic (exact) mass is 245 g/mol. The highest BCUT2D eigenvalue weighted by molar-refractivity contribution is 5.83. The van der Waals surface area contributed by atoms with Crippen molar-refractivity contribution in [3.05, 3.63) is 0 Å². The first-order valence-electron chi connectivity index (χ1n) is 5.31. The van der Waals surface area contributed by atoms with Crippen LogP contribution in [0.1, 0.15) is 20.8 Å². The number of aliphatic carboxylic acids is 1. The first-order valence-corrected chi connectivity index (χ1v) is 5.31. The van der Waals surface area contributed by atoms with Gasteiger partial charge < -0.3 is 21.1 Å². The van der Waals surface area contributed by atoms with Gasteiger partial charge in [0.15, 0.2) is 0 Å². The van der Waals surface area contributed by atoms with Crippen LogP contribution in [0.5, 0.6) is 0 Å². The molecule has 7 nitrogen and oxygen atoms in total. The third-order valence-electron chi connectivity index (χ3n) is 2.19. The first-order chi connectivity index (χ1) is 7.75. The van der Waals surface area contributed by atoms with E-state index in [1.54, 1.807) is 13.8 Å². The highest BCUT2D eigenvalue weighted by Gasteiger charge is 2.20. The van der Waals surface area contributed by atoms with Crippen LogP contribution in [0.3, 0.4) is 0 Å². The van der Waals surface area contributed by atoms with Gasteiger partial charge >= 0.3 is 12.0 Å². The summed E-state index contributed by atoms with van der Waals surface area (Å²) >= 11 is 0.